The van der Waals surface area contributed by atoms with Gasteiger partial charge in [0.1, 0.15) is 0 Å². The Bertz CT molecular complexity index is 508. The molecule has 0 saturated heterocycles. The molecule has 0 aliphatic heterocycles. The topological polar surface area (TPSA) is 17.1 Å². The molecule has 0 radical (unpaired) electrons. The molecule has 0 aliphatic rings. The molecule has 1 nitrogen and oxygen atoms in total. The SMILES string of the molecule is O=C(CCCSc1ccccc1Cl)c1cccs1. The van der Waals surface area contributed by atoms with E-state index in [2.05, 4.69) is 0 Å². The van der Waals surface area contributed by atoms with Crippen LogP contribution < -0.4 is 0 Å². The van der Waals surface area contributed by atoms with Gasteiger partial charge in [-0.05, 0) is 35.8 Å². The zero-order valence-electron chi connectivity index (χ0n) is 9.77. The third-order valence-corrected chi connectivity index (χ3v) is 4.95. The van der Waals surface area contributed by atoms with Crippen molar-refractivity contribution in [3.63, 3.8) is 0 Å². The Morgan fingerprint density at radius 3 is 2.78 bits per heavy atom. The summed E-state index contributed by atoms with van der Waals surface area (Å²) in [5.74, 6) is 1.16. The number of carbonyl (C=O) groups is 1. The van der Waals surface area contributed by atoms with Gasteiger partial charge in [-0.1, -0.05) is 29.8 Å². The zero-order chi connectivity index (χ0) is 12.8. The Kier molecular flexibility index (Phi) is 5.29. The van der Waals surface area contributed by atoms with Gasteiger partial charge < -0.3 is 0 Å². The maximum atomic E-state index is 11.8. The van der Waals surface area contributed by atoms with Crippen LogP contribution in [0.15, 0.2) is 46.7 Å². The molecule has 1 heterocycles. The Hall–Kier alpha value is -0.770. The second kappa shape index (κ2) is 6.98. The first-order chi connectivity index (χ1) is 8.77. The lowest BCUT2D eigenvalue weighted by Crippen LogP contribution is -1.96. The van der Waals surface area contributed by atoms with Crippen LogP contribution in [0, 0.1) is 0 Å². The highest BCUT2D eigenvalue weighted by Crippen LogP contribution is 2.27. The van der Waals surface area contributed by atoms with Crippen LogP contribution in [-0.2, 0) is 0 Å². The molecule has 0 spiro atoms. The lowest BCUT2D eigenvalue weighted by molar-refractivity contribution is 0.0986. The summed E-state index contributed by atoms with van der Waals surface area (Å²) in [5, 5.41) is 2.72. The van der Waals surface area contributed by atoms with Crippen LogP contribution in [0.4, 0.5) is 0 Å². The first kappa shape index (κ1) is 13.7. The average Bonchev–Trinajstić information content (AvgIpc) is 2.90. The molecular formula is C14H13ClOS2. The molecule has 1 aromatic heterocycles. The maximum Gasteiger partial charge on any atom is 0.172 e. The van der Waals surface area contributed by atoms with Crippen LogP contribution in [0.1, 0.15) is 22.5 Å². The van der Waals surface area contributed by atoms with Crippen LogP contribution in [0.25, 0.3) is 0 Å². The van der Waals surface area contributed by atoms with Crippen LogP contribution in [0.5, 0.6) is 0 Å². The summed E-state index contributed by atoms with van der Waals surface area (Å²) in [6, 6.07) is 11.6. The second-order valence-electron chi connectivity index (χ2n) is 3.78. The molecule has 0 N–H and O–H groups in total. The third-order valence-electron chi connectivity index (χ3n) is 2.44. The molecule has 18 heavy (non-hydrogen) atoms. The van der Waals surface area contributed by atoms with Crippen molar-refractivity contribution < 1.29 is 4.79 Å². The number of carbonyl (C=O) groups excluding carboxylic acids is 1. The largest absolute Gasteiger partial charge is 0.293 e. The minimum Gasteiger partial charge on any atom is -0.293 e. The van der Waals surface area contributed by atoms with Crippen molar-refractivity contribution in [1.82, 2.24) is 0 Å². The normalized spacial score (nSPS) is 10.5. The molecule has 0 amide bonds. The molecule has 2 rings (SSSR count). The Balaban J connectivity index is 1.74. The Labute approximate surface area is 120 Å². The lowest BCUT2D eigenvalue weighted by atomic mass is 10.2. The van der Waals surface area contributed by atoms with E-state index in [1.54, 1.807) is 11.8 Å². The number of benzene rings is 1. The molecule has 0 atom stereocenters. The number of hydrogen-bond donors (Lipinski definition) is 0. The number of halogens is 1. The van der Waals surface area contributed by atoms with Crippen molar-refractivity contribution in [2.24, 2.45) is 0 Å². The number of rotatable bonds is 6. The summed E-state index contributed by atoms with van der Waals surface area (Å²) in [5.41, 5.74) is 0. The van der Waals surface area contributed by atoms with E-state index in [1.165, 1.54) is 11.3 Å². The zero-order valence-corrected chi connectivity index (χ0v) is 12.2. The van der Waals surface area contributed by atoms with Gasteiger partial charge in [0.2, 0.25) is 0 Å². The summed E-state index contributed by atoms with van der Waals surface area (Å²) in [7, 11) is 0. The van der Waals surface area contributed by atoms with E-state index in [0.29, 0.717) is 6.42 Å². The first-order valence-electron chi connectivity index (χ1n) is 5.71. The quantitative estimate of drug-likeness (QED) is 0.416. The predicted molar refractivity (Wildman–Crippen MR) is 80.1 cm³/mol. The van der Waals surface area contributed by atoms with Gasteiger partial charge in [-0.25, -0.2) is 0 Å². The van der Waals surface area contributed by atoms with Gasteiger partial charge in [0.05, 0.1) is 9.90 Å². The summed E-state index contributed by atoms with van der Waals surface area (Å²) in [6.07, 6.45) is 1.49. The molecule has 94 valence electrons. The third kappa shape index (κ3) is 3.87. The van der Waals surface area contributed by atoms with Crippen molar-refractivity contribution in [1.29, 1.82) is 0 Å². The molecule has 1 aromatic carbocycles. The Morgan fingerprint density at radius 1 is 1.22 bits per heavy atom. The van der Waals surface area contributed by atoms with E-state index in [1.807, 2.05) is 41.8 Å². The van der Waals surface area contributed by atoms with Gasteiger partial charge in [-0.2, -0.15) is 0 Å². The minimum atomic E-state index is 0.241. The molecule has 0 aliphatic carbocycles. The molecule has 0 fully saturated rings. The fourth-order valence-electron chi connectivity index (χ4n) is 1.54. The first-order valence-corrected chi connectivity index (χ1v) is 7.96. The monoisotopic (exact) mass is 296 g/mol. The van der Waals surface area contributed by atoms with Crippen molar-refractivity contribution in [2.45, 2.75) is 17.7 Å². The fourth-order valence-corrected chi connectivity index (χ4v) is 3.42. The number of hydrogen-bond acceptors (Lipinski definition) is 3. The molecule has 0 unspecified atom stereocenters. The Morgan fingerprint density at radius 2 is 2.06 bits per heavy atom. The van der Waals surface area contributed by atoms with Crippen LogP contribution in [0.3, 0.4) is 0 Å². The van der Waals surface area contributed by atoms with Gasteiger partial charge in [0.15, 0.2) is 5.78 Å². The smallest absolute Gasteiger partial charge is 0.172 e. The van der Waals surface area contributed by atoms with E-state index in [4.69, 9.17) is 11.6 Å². The number of thioether (sulfide) groups is 1. The molecule has 4 heteroatoms. The summed E-state index contributed by atoms with van der Waals surface area (Å²) in [6.45, 7) is 0. The van der Waals surface area contributed by atoms with Crippen LogP contribution in [0.2, 0.25) is 5.02 Å². The van der Waals surface area contributed by atoms with E-state index < -0.39 is 0 Å². The molecule has 0 bridgehead atoms. The van der Waals surface area contributed by atoms with Crippen molar-refractivity contribution in [2.75, 3.05) is 5.75 Å². The van der Waals surface area contributed by atoms with Crippen molar-refractivity contribution in [3.05, 3.63) is 51.7 Å². The van der Waals surface area contributed by atoms with E-state index in [-0.39, 0.29) is 5.78 Å². The molecule has 0 saturated carbocycles. The number of Topliss-reactive ketones (excluding diaryl/α,β-unsaturated/α-hetero) is 1. The van der Waals surface area contributed by atoms with Crippen molar-refractivity contribution >= 4 is 40.5 Å². The summed E-state index contributed by atoms with van der Waals surface area (Å²) < 4.78 is 0. The van der Waals surface area contributed by atoms with E-state index in [9.17, 15) is 4.79 Å². The molecular weight excluding hydrogens is 284 g/mol. The lowest BCUT2D eigenvalue weighted by Gasteiger charge is -2.03. The predicted octanol–water partition coefficient (Wildman–Crippen LogP) is 5.16. The highest BCUT2D eigenvalue weighted by molar-refractivity contribution is 7.99. The van der Waals surface area contributed by atoms with Crippen LogP contribution >= 0.6 is 34.7 Å². The number of thiophene rings is 1. The molecule has 2 aromatic rings. The highest BCUT2D eigenvalue weighted by Gasteiger charge is 2.06. The summed E-state index contributed by atoms with van der Waals surface area (Å²) in [4.78, 5) is 13.7. The van der Waals surface area contributed by atoms with Crippen molar-refractivity contribution in [3.8, 4) is 0 Å². The average molecular weight is 297 g/mol. The van der Waals surface area contributed by atoms with Gasteiger partial charge in [0, 0.05) is 11.3 Å². The number of ketones is 1. The minimum absolute atomic E-state index is 0.241. The van der Waals surface area contributed by atoms with Gasteiger partial charge in [0.25, 0.3) is 0 Å². The highest BCUT2D eigenvalue weighted by atomic mass is 35.5. The van der Waals surface area contributed by atoms with E-state index >= 15 is 0 Å². The van der Waals surface area contributed by atoms with Crippen LogP contribution in [-0.4, -0.2) is 11.5 Å². The van der Waals surface area contributed by atoms with Gasteiger partial charge >= 0.3 is 0 Å². The summed E-state index contributed by atoms with van der Waals surface area (Å²) >= 11 is 9.28. The maximum absolute atomic E-state index is 11.8. The standard InChI is InChI=1S/C14H13ClOS2/c15-11-5-1-2-7-13(11)17-9-3-6-12(16)14-8-4-10-18-14/h1-2,4-5,7-8,10H,3,6,9H2. The second-order valence-corrected chi connectivity index (χ2v) is 6.27. The fraction of sp³-hybridized carbons (Fsp3) is 0.214. The van der Waals surface area contributed by atoms with E-state index in [0.717, 1.165) is 27.0 Å². The van der Waals surface area contributed by atoms with Gasteiger partial charge in [-0.15, -0.1) is 23.1 Å². The van der Waals surface area contributed by atoms with Gasteiger partial charge in [-0.3, -0.25) is 4.79 Å².